The second kappa shape index (κ2) is 9.42. The Hall–Kier alpha value is -1.67. The van der Waals surface area contributed by atoms with Crippen LogP contribution in [0.2, 0.25) is 0 Å². The SMILES string of the molecule is CCC#CCCC#CC/C=C/C(=O)O. The van der Waals surface area contributed by atoms with Crippen molar-refractivity contribution in [2.45, 2.75) is 32.6 Å². The summed E-state index contributed by atoms with van der Waals surface area (Å²) in [6.45, 7) is 2.01. The molecule has 0 heterocycles. The number of rotatable bonds is 3. The summed E-state index contributed by atoms with van der Waals surface area (Å²) in [6.07, 6.45) is 5.57. The summed E-state index contributed by atoms with van der Waals surface area (Å²) in [5.74, 6) is 10.8. The van der Waals surface area contributed by atoms with Crippen LogP contribution in [0.1, 0.15) is 32.6 Å². The Morgan fingerprint density at radius 3 is 2.43 bits per heavy atom. The third-order valence-electron chi connectivity index (χ3n) is 1.28. The highest BCUT2D eigenvalue weighted by atomic mass is 16.4. The van der Waals surface area contributed by atoms with Gasteiger partial charge in [0, 0.05) is 31.8 Å². The summed E-state index contributed by atoms with van der Waals surface area (Å²) in [6, 6.07) is 0. The fourth-order valence-corrected chi connectivity index (χ4v) is 0.718. The average Bonchev–Trinajstić information content (AvgIpc) is 2.15. The number of hydrogen-bond acceptors (Lipinski definition) is 1. The van der Waals surface area contributed by atoms with Crippen LogP contribution >= 0.6 is 0 Å². The number of hydrogen-bond donors (Lipinski definition) is 1. The van der Waals surface area contributed by atoms with Gasteiger partial charge in [-0.3, -0.25) is 0 Å². The van der Waals surface area contributed by atoms with Gasteiger partial charge >= 0.3 is 5.97 Å². The fourth-order valence-electron chi connectivity index (χ4n) is 0.718. The van der Waals surface area contributed by atoms with Gasteiger partial charge in [0.15, 0.2) is 0 Å². The van der Waals surface area contributed by atoms with Gasteiger partial charge in [-0.05, 0) is 0 Å². The van der Waals surface area contributed by atoms with Crippen molar-refractivity contribution in [3.8, 4) is 23.7 Å². The molecule has 0 aliphatic carbocycles. The number of allylic oxidation sites excluding steroid dienone is 1. The molecular weight excluding hydrogens is 176 g/mol. The van der Waals surface area contributed by atoms with Gasteiger partial charge in [-0.15, -0.1) is 17.8 Å². The summed E-state index contributed by atoms with van der Waals surface area (Å²) < 4.78 is 0. The Morgan fingerprint density at radius 1 is 1.21 bits per heavy atom. The highest BCUT2D eigenvalue weighted by Crippen LogP contribution is 1.86. The lowest BCUT2D eigenvalue weighted by atomic mass is 10.3. The first-order valence-electron chi connectivity index (χ1n) is 4.58. The zero-order chi connectivity index (χ0) is 10.6. The fraction of sp³-hybridized carbons (Fsp3) is 0.417. The summed E-state index contributed by atoms with van der Waals surface area (Å²) in [4.78, 5) is 10.1. The van der Waals surface area contributed by atoms with Crippen LogP contribution in [0.5, 0.6) is 0 Å². The molecule has 0 aliphatic heterocycles. The van der Waals surface area contributed by atoms with E-state index in [1.807, 2.05) is 6.92 Å². The van der Waals surface area contributed by atoms with Gasteiger partial charge in [-0.1, -0.05) is 18.9 Å². The number of unbranched alkanes of at least 4 members (excludes halogenated alkanes) is 1. The van der Waals surface area contributed by atoms with Crippen LogP contribution in [0, 0.1) is 23.7 Å². The lowest BCUT2D eigenvalue weighted by Gasteiger charge is -1.79. The van der Waals surface area contributed by atoms with E-state index in [9.17, 15) is 4.79 Å². The molecule has 0 fully saturated rings. The van der Waals surface area contributed by atoms with Crippen LogP contribution in [0.4, 0.5) is 0 Å². The minimum absolute atomic E-state index is 0.494. The van der Waals surface area contributed by atoms with Crippen LogP contribution in [-0.2, 0) is 4.79 Å². The van der Waals surface area contributed by atoms with Gasteiger partial charge in [-0.25, -0.2) is 4.79 Å². The molecule has 0 aliphatic rings. The molecule has 0 aromatic heterocycles. The average molecular weight is 190 g/mol. The molecule has 0 aromatic rings. The van der Waals surface area contributed by atoms with E-state index in [0.717, 1.165) is 25.3 Å². The van der Waals surface area contributed by atoms with Crippen molar-refractivity contribution in [3.05, 3.63) is 12.2 Å². The molecule has 0 aromatic carbocycles. The van der Waals surface area contributed by atoms with Gasteiger partial charge in [0.05, 0.1) is 0 Å². The van der Waals surface area contributed by atoms with Crippen LogP contribution in [0.3, 0.4) is 0 Å². The zero-order valence-corrected chi connectivity index (χ0v) is 8.34. The molecule has 1 N–H and O–H groups in total. The molecule has 0 spiro atoms. The van der Waals surface area contributed by atoms with Gasteiger partial charge < -0.3 is 5.11 Å². The van der Waals surface area contributed by atoms with Gasteiger partial charge in [0.1, 0.15) is 0 Å². The molecule has 74 valence electrons. The summed E-state index contributed by atoms with van der Waals surface area (Å²) in [5.41, 5.74) is 0. The minimum atomic E-state index is -0.930. The Bertz CT molecular complexity index is 305. The standard InChI is InChI=1S/C12H14O2/c1-2-3-4-5-6-7-8-9-10-11-12(13)14/h10-11H,2,5-6,9H2,1H3,(H,13,14)/b11-10+. The third-order valence-corrected chi connectivity index (χ3v) is 1.28. The second-order valence-corrected chi connectivity index (χ2v) is 2.51. The first-order chi connectivity index (χ1) is 6.77. The summed E-state index contributed by atoms with van der Waals surface area (Å²) >= 11 is 0. The van der Waals surface area contributed by atoms with Crippen molar-refractivity contribution in [1.29, 1.82) is 0 Å². The van der Waals surface area contributed by atoms with E-state index in [-0.39, 0.29) is 0 Å². The van der Waals surface area contributed by atoms with Crippen molar-refractivity contribution in [1.82, 2.24) is 0 Å². The van der Waals surface area contributed by atoms with Gasteiger partial charge in [0.25, 0.3) is 0 Å². The van der Waals surface area contributed by atoms with Crippen LogP contribution < -0.4 is 0 Å². The highest BCUT2D eigenvalue weighted by molar-refractivity contribution is 5.79. The molecular formula is C12H14O2. The first kappa shape index (κ1) is 12.3. The monoisotopic (exact) mass is 190 g/mol. The molecule has 0 saturated carbocycles. The Balaban J connectivity index is 3.49. The zero-order valence-electron chi connectivity index (χ0n) is 8.34. The van der Waals surface area contributed by atoms with Crippen molar-refractivity contribution >= 4 is 5.97 Å². The first-order valence-corrected chi connectivity index (χ1v) is 4.58. The molecule has 0 bridgehead atoms. The lowest BCUT2D eigenvalue weighted by molar-refractivity contribution is -0.131. The van der Waals surface area contributed by atoms with E-state index in [0.29, 0.717) is 6.42 Å². The van der Waals surface area contributed by atoms with E-state index in [4.69, 9.17) is 5.11 Å². The predicted octanol–water partition coefficient (Wildman–Crippen LogP) is 2.21. The van der Waals surface area contributed by atoms with Crippen LogP contribution in [-0.4, -0.2) is 11.1 Å². The predicted molar refractivity (Wildman–Crippen MR) is 56.5 cm³/mol. The smallest absolute Gasteiger partial charge is 0.328 e. The molecule has 0 rings (SSSR count). The summed E-state index contributed by atoms with van der Waals surface area (Å²) in [5, 5.41) is 8.26. The highest BCUT2D eigenvalue weighted by Gasteiger charge is 1.81. The molecule has 0 unspecified atom stereocenters. The van der Waals surface area contributed by atoms with E-state index in [1.165, 1.54) is 6.08 Å². The largest absolute Gasteiger partial charge is 0.478 e. The molecule has 0 radical (unpaired) electrons. The van der Waals surface area contributed by atoms with E-state index in [1.54, 1.807) is 0 Å². The number of aliphatic carboxylic acids is 1. The van der Waals surface area contributed by atoms with E-state index >= 15 is 0 Å². The Labute approximate surface area is 85.0 Å². The van der Waals surface area contributed by atoms with Crippen molar-refractivity contribution in [2.75, 3.05) is 0 Å². The maximum Gasteiger partial charge on any atom is 0.328 e. The van der Waals surface area contributed by atoms with Gasteiger partial charge in [0.2, 0.25) is 0 Å². The lowest BCUT2D eigenvalue weighted by Crippen LogP contribution is -1.84. The molecule has 2 nitrogen and oxygen atoms in total. The van der Waals surface area contributed by atoms with E-state index < -0.39 is 5.97 Å². The second-order valence-electron chi connectivity index (χ2n) is 2.51. The Kier molecular flexibility index (Phi) is 8.29. The van der Waals surface area contributed by atoms with Crippen LogP contribution in [0.25, 0.3) is 0 Å². The van der Waals surface area contributed by atoms with Gasteiger partial charge in [-0.2, -0.15) is 0 Å². The maximum absolute atomic E-state index is 10.1. The quantitative estimate of drug-likeness (QED) is 0.421. The van der Waals surface area contributed by atoms with Crippen molar-refractivity contribution in [3.63, 3.8) is 0 Å². The maximum atomic E-state index is 10.1. The molecule has 0 saturated heterocycles. The van der Waals surface area contributed by atoms with E-state index in [2.05, 4.69) is 23.7 Å². The molecule has 14 heavy (non-hydrogen) atoms. The number of carboxylic acids is 1. The van der Waals surface area contributed by atoms with Crippen molar-refractivity contribution < 1.29 is 9.90 Å². The summed E-state index contributed by atoms with van der Waals surface area (Å²) in [7, 11) is 0. The number of carboxylic acid groups (broad SMARTS) is 1. The van der Waals surface area contributed by atoms with Crippen LogP contribution in [0.15, 0.2) is 12.2 Å². The topological polar surface area (TPSA) is 37.3 Å². The minimum Gasteiger partial charge on any atom is -0.478 e. The molecule has 0 atom stereocenters. The molecule has 2 heteroatoms. The molecule has 0 amide bonds. The third kappa shape index (κ3) is 10.3. The van der Waals surface area contributed by atoms with Crippen molar-refractivity contribution in [2.24, 2.45) is 0 Å². The Morgan fingerprint density at radius 2 is 1.86 bits per heavy atom. The number of carbonyl (C=O) groups is 1. The normalized spacial score (nSPS) is 8.64.